The second kappa shape index (κ2) is 6.52. The number of benzene rings is 1. The first-order valence-electron chi connectivity index (χ1n) is 7.25. The van der Waals surface area contributed by atoms with Gasteiger partial charge in [-0.3, -0.25) is 15.1 Å². The van der Waals surface area contributed by atoms with Crippen molar-refractivity contribution in [2.24, 2.45) is 0 Å². The topological polar surface area (TPSA) is 122 Å². The number of aromatic nitrogens is 3. The zero-order valence-electron chi connectivity index (χ0n) is 13.2. The molecule has 27 heavy (non-hydrogen) atoms. The minimum Gasteiger partial charge on any atom is -0.504 e. The highest BCUT2D eigenvalue weighted by atomic mass is 19.4. The maximum absolute atomic E-state index is 13.1. The summed E-state index contributed by atoms with van der Waals surface area (Å²) in [5.41, 5.74) is -2.30. The van der Waals surface area contributed by atoms with E-state index in [1.807, 2.05) is 0 Å². The molecule has 0 atom stereocenters. The highest BCUT2D eigenvalue weighted by molar-refractivity contribution is 5.71. The zero-order valence-corrected chi connectivity index (χ0v) is 13.2. The second-order valence-electron chi connectivity index (χ2n) is 5.28. The lowest BCUT2D eigenvalue weighted by Crippen LogP contribution is -2.10. The van der Waals surface area contributed by atoms with E-state index >= 15 is 0 Å². The molecular weight excluding hydrogens is 369 g/mol. The number of phenolic OH excluding ortho intramolecular Hbond substituents is 2. The first-order chi connectivity index (χ1) is 12.7. The molecule has 3 rings (SSSR count). The van der Waals surface area contributed by atoms with E-state index in [0.29, 0.717) is 0 Å². The van der Waals surface area contributed by atoms with Crippen molar-refractivity contribution in [3.63, 3.8) is 0 Å². The molecule has 138 valence electrons. The Morgan fingerprint density at radius 1 is 1.07 bits per heavy atom. The lowest BCUT2D eigenvalue weighted by molar-refractivity contribution is -0.385. The fraction of sp³-hybridized carbons (Fsp3) is 0.0625. The predicted octanol–water partition coefficient (Wildman–Crippen LogP) is 3.54. The van der Waals surface area contributed by atoms with E-state index < -0.39 is 34.0 Å². The van der Waals surface area contributed by atoms with Gasteiger partial charge in [0.25, 0.3) is 0 Å². The Balaban J connectivity index is 2.15. The van der Waals surface area contributed by atoms with E-state index in [0.717, 1.165) is 24.4 Å². The highest BCUT2D eigenvalue weighted by Gasteiger charge is 2.36. The molecule has 0 aliphatic carbocycles. The third-order valence-corrected chi connectivity index (χ3v) is 3.53. The van der Waals surface area contributed by atoms with Crippen molar-refractivity contribution >= 4 is 5.69 Å². The quantitative estimate of drug-likeness (QED) is 0.406. The van der Waals surface area contributed by atoms with Crippen LogP contribution in [0.15, 0.2) is 42.7 Å². The van der Waals surface area contributed by atoms with Crippen LogP contribution in [0, 0.1) is 10.1 Å². The van der Waals surface area contributed by atoms with Crippen LogP contribution in [-0.2, 0) is 6.18 Å². The molecule has 0 radical (unpaired) electrons. The Kier molecular flexibility index (Phi) is 4.35. The van der Waals surface area contributed by atoms with Crippen LogP contribution in [-0.4, -0.2) is 30.1 Å². The molecule has 0 bridgehead atoms. The van der Waals surface area contributed by atoms with E-state index in [1.54, 1.807) is 0 Å². The number of alkyl halides is 3. The number of nitro benzene ring substituents is 1. The molecule has 2 aromatic heterocycles. The van der Waals surface area contributed by atoms with Gasteiger partial charge < -0.3 is 10.2 Å². The monoisotopic (exact) mass is 378 g/mol. The third-order valence-electron chi connectivity index (χ3n) is 3.53. The average molecular weight is 378 g/mol. The summed E-state index contributed by atoms with van der Waals surface area (Å²) in [5.74, 6) is -2.00. The van der Waals surface area contributed by atoms with Gasteiger partial charge in [0.2, 0.25) is 5.75 Å². The van der Waals surface area contributed by atoms with E-state index in [9.17, 15) is 33.5 Å². The fourth-order valence-electron chi connectivity index (χ4n) is 2.35. The smallest absolute Gasteiger partial charge is 0.434 e. The van der Waals surface area contributed by atoms with E-state index in [1.165, 1.54) is 18.3 Å². The summed E-state index contributed by atoms with van der Waals surface area (Å²) in [6.07, 6.45) is -2.58. The number of phenols is 2. The number of rotatable bonds is 3. The van der Waals surface area contributed by atoms with Gasteiger partial charge in [-0.15, -0.1) is 0 Å². The number of hydrogen-bond acceptors (Lipinski definition) is 7. The molecule has 8 nitrogen and oxygen atoms in total. The molecule has 0 amide bonds. The van der Waals surface area contributed by atoms with Crippen LogP contribution in [0.1, 0.15) is 5.69 Å². The van der Waals surface area contributed by atoms with Crippen molar-refractivity contribution in [3.05, 3.63) is 58.5 Å². The van der Waals surface area contributed by atoms with Crippen LogP contribution in [0.5, 0.6) is 11.5 Å². The molecule has 0 unspecified atom stereocenters. The molecule has 0 saturated heterocycles. The van der Waals surface area contributed by atoms with Crippen molar-refractivity contribution in [1.29, 1.82) is 0 Å². The molecule has 0 aliphatic heterocycles. The minimum absolute atomic E-state index is 0.00961. The molecular formula is C16H9F3N4O4. The molecule has 0 spiro atoms. The van der Waals surface area contributed by atoms with Crippen LogP contribution in [0.2, 0.25) is 0 Å². The average Bonchev–Trinajstić information content (AvgIpc) is 2.63. The lowest BCUT2D eigenvalue weighted by Gasteiger charge is -2.11. The summed E-state index contributed by atoms with van der Waals surface area (Å²) in [5, 5.41) is 30.2. The Morgan fingerprint density at radius 2 is 1.81 bits per heavy atom. The van der Waals surface area contributed by atoms with Crippen molar-refractivity contribution in [3.8, 4) is 34.1 Å². The SMILES string of the molecule is O=[N+]([O-])c1cc(-c2ccnc(-c3cccnc3C(F)(F)F)n2)cc(O)c1O. The van der Waals surface area contributed by atoms with Crippen molar-refractivity contribution in [2.75, 3.05) is 0 Å². The normalized spacial score (nSPS) is 11.4. The van der Waals surface area contributed by atoms with Crippen LogP contribution in [0.4, 0.5) is 18.9 Å². The highest BCUT2D eigenvalue weighted by Crippen LogP contribution is 2.39. The Labute approximate surface area is 148 Å². The molecule has 0 aliphatic rings. The summed E-state index contributed by atoms with van der Waals surface area (Å²) in [7, 11) is 0. The predicted molar refractivity (Wildman–Crippen MR) is 85.7 cm³/mol. The van der Waals surface area contributed by atoms with Gasteiger partial charge in [-0.25, -0.2) is 9.97 Å². The second-order valence-corrected chi connectivity index (χ2v) is 5.28. The van der Waals surface area contributed by atoms with Gasteiger partial charge in [0.1, 0.15) is 0 Å². The first-order valence-corrected chi connectivity index (χ1v) is 7.25. The van der Waals surface area contributed by atoms with Crippen molar-refractivity contribution in [2.45, 2.75) is 6.18 Å². The molecule has 2 heterocycles. The summed E-state index contributed by atoms with van der Waals surface area (Å²) < 4.78 is 39.4. The molecule has 11 heteroatoms. The first kappa shape index (κ1) is 18.0. The molecule has 1 aromatic carbocycles. The maximum atomic E-state index is 13.1. The summed E-state index contributed by atoms with van der Waals surface area (Å²) in [6.45, 7) is 0. The van der Waals surface area contributed by atoms with Gasteiger partial charge in [-0.1, -0.05) is 0 Å². The van der Waals surface area contributed by atoms with Gasteiger partial charge in [-0.05, 0) is 24.3 Å². The summed E-state index contributed by atoms with van der Waals surface area (Å²) in [4.78, 5) is 21.2. The Morgan fingerprint density at radius 3 is 2.48 bits per heavy atom. The van der Waals surface area contributed by atoms with E-state index in [2.05, 4.69) is 15.0 Å². The maximum Gasteiger partial charge on any atom is 0.434 e. The van der Waals surface area contributed by atoms with Gasteiger partial charge >= 0.3 is 11.9 Å². The number of hydrogen-bond donors (Lipinski definition) is 2. The third kappa shape index (κ3) is 3.47. The van der Waals surface area contributed by atoms with Gasteiger partial charge in [-0.2, -0.15) is 13.2 Å². The lowest BCUT2D eigenvalue weighted by atomic mass is 10.1. The van der Waals surface area contributed by atoms with Crippen LogP contribution >= 0.6 is 0 Å². The minimum atomic E-state index is -4.73. The van der Waals surface area contributed by atoms with E-state index in [4.69, 9.17) is 0 Å². The molecule has 3 aromatic rings. The number of pyridine rings is 1. The largest absolute Gasteiger partial charge is 0.504 e. The zero-order chi connectivity index (χ0) is 19.8. The molecule has 0 fully saturated rings. The summed E-state index contributed by atoms with van der Waals surface area (Å²) >= 11 is 0. The summed E-state index contributed by atoms with van der Waals surface area (Å²) in [6, 6.07) is 5.67. The Hall–Kier alpha value is -3.76. The van der Waals surface area contributed by atoms with Crippen LogP contribution in [0.25, 0.3) is 22.6 Å². The Bertz CT molecular complexity index is 1040. The van der Waals surface area contributed by atoms with Crippen LogP contribution < -0.4 is 0 Å². The number of aromatic hydroxyl groups is 2. The number of halogens is 3. The van der Waals surface area contributed by atoms with Gasteiger partial charge in [0.05, 0.1) is 16.2 Å². The number of nitro groups is 1. The number of nitrogens with zero attached hydrogens (tertiary/aromatic N) is 4. The molecule has 0 saturated carbocycles. The fourth-order valence-corrected chi connectivity index (χ4v) is 2.35. The van der Waals surface area contributed by atoms with Gasteiger partial charge in [0, 0.05) is 24.0 Å². The standard InChI is InChI=1S/C16H9F3N4O4/c17-16(18,19)14-9(2-1-4-20-14)15-21-5-3-10(22-15)8-6-11(23(26)27)13(25)12(24)7-8/h1-7,24-25H. The van der Waals surface area contributed by atoms with Crippen molar-refractivity contribution in [1.82, 2.24) is 15.0 Å². The van der Waals surface area contributed by atoms with Crippen molar-refractivity contribution < 1.29 is 28.3 Å². The van der Waals surface area contributed by atoms with E-state index in [-0.39, 0.29) is 22.6 Å². The van der Waals surface area contributed by atoms with Gasteiger partial charge in [0.15, 0.2) is 17.3 Å². The van der Waals surface area contributed by atoms with Crippen LogP contribution in [0.3, 0.4) is 0 Å². The molecule has 2 N–H and O–H groups in total.